The van der Waals surface area contributed by atoms with Crippen molar-refractivity contribution in [2.75, 3.05) is 0 Å². The van der Waals surface area contributed by atoms with Crippen LogP contribution in [-0.4, -0.2) is 34.6 Å². The van der Waals surface area contributed by atoms with Gasteiger partial charge in [0.05, 0.1) is 12.3 Å². The van der Waals surface area contributed by atoms with Crippen molar-refractivity contribution in [2.45, 2.75) is 26.3 Å². The molecule has 2 heterocycles. The molecule has 3 rings (SSSR count). The van der Waals surface area contributed by atoms with E-state index in [4.69, 9.17) is 0 Å². The van der Waals surface area contributed by atoms with Gasteiger partial charge in [-0.05, 0) is 12.8 Å². The maximum absolute atomic E-state index is 12.5. The Bertz CT molecular complexity index is 617. The van der Waals surface area contributed by atoms with E-state index in [-0.39, 0.29) is 18.2 Å². The molecule has 1 aliphatic carbocycles. The van der Waals surface area contributed by atoms with E-state index in [0.29, 0.717) is 5.57 Å². The first-order valence-electron chi connectivity index (χ1n) is 6.51. The zero-order chi connectivity index (χ0) is 14.6. The predicted octanol–water partition coefficient (Wildman–Crippen LogP) is -0.0911. The number of carbonyl (C=O) groups is 4. The monoisotopic (exact) mass is 274 g/mol. The molecule has 0 bridgehead atoms. The highest BCUT2D eigenvalue weighted by Gasteiger charge is 2.52. The van der Waals surface area contributed by atoms with Crippen molar-refractivity contribution < 1.29 is 19.2 Å². The number of nitrogens with zero attached hydrogens (tertiary/aromatic N) is 1. The van der Waals surface area contributed by atoms with Gasteiger partial charge in [-0.2, -0.15) is 0 Å². The minimum absolute atomic E-state index is 0.0865. The summed E-state index contributed by atoms with van der Waals surface area (Å²) in [5, 5.41) is 2.13. The third-order valence-corrected chi connectivity index (χ3v) is 3.99. The Kier molecular flexibility index (Phi) is 2.64. The van der Waals surface area contributed by atoms with Gasteiger partial charge < -0.3 is 0 Å². The largest absolute Gasteiger partial charge is 0.295 e. The summed E-state index contributed by atoms with van der Waals surface area (Å²) in [6, 6.07) is -0.999. The van der Waals surface area contributed by atoms with E-state index in [1.165, 1.54) is 0 Å². The van der Waals surface area contributed by atoms with Crippen LogP contribution in [0.4, 0.5) is 0 Å². The van der Waals surface area contributed by atoms with Crippen molar-refractivity contribution in [2.24, 2.45) is 11.8 Å². The molecule has 20 heavy (non-hydrogen) atoms. The summed E-state index contributed by atoms with van der Waals surface area (Å²) >= 11 is 0. The first kappa shape index (κ1) is 12.8. The lowest BCUT2D eigenvalue weighted by Gasteiger charge is -2.20. The van der Waals surface area contributed by atoms with Gasteiger partial charge >= 0.3 is 0 Å². The summed E-state index contributed by atoms with van der Waals surface area (Å²) in [5.74, 6) is -2.48. The number of carbonyl (C=O) groups excluding carboxylic acids is 4. The summed E-state index contributed by atoms with van der Waals surface area (Å²) in [4.78, 5) is 48.8. The van der Waals surface area contributed by atoms with Crippen molar-refractivity contribution in [1.29, 1.82) is 0 Å². The molecule has 0 aromatic rings. The molecule has 3 unspecified atom stereocenters. The number of hydrogen-bond acceptors (Lipinski definition) is 4. The number of amides is 4. The molecule has 1 N–H and O–H groups in total. The van der Waals surface area contributed by atoms with Gasteiger partial charge in [0, 0.05) is 5.57 Å². The molecule has 3 aliphatic rings. The van der Waals surface area contributed by atoms with Crippen molar-refractivity contribution in [3.63, 3.8) is 0 Å². The van der Waals surface area contributed by atoms with Crippen LogP contribution in [0.2, 0.25) is 0 Å². The summed E-state index contributed by atoms with van der Waals surface area (Å²) in [7, 11) is 0. The van der Waals surface area contributed by atoms with Crippen molar-refractivity contribution >= 4 is 23.6 Å². The predicted molar refractivity (Wildman–Crippen MR) is 67.9 cm³/mol. The third-order valence-electron chi connectivity index (χ3n) is 3.99. The molecule has 104 valence electrons. The summed E-state index contributed by atoms with van der Waals surface area (Å²) in [6.07, 6.45) is 3.49. The molecule has 0 saturated carbocycles. The van der Waals surface area contributed by atoms with Gasteiger partial charge in [0.25, 0.3) is 5.91 Å². The Labute approximate surface area is 115 Å². The van der Waals surface area contributed by atoms with Gasteiger partial charge in [-0.1, -0.05) is 24.6 Å². The molecular formula is C14H14N2O4. The Balaban J connectivity index is 1.99. The van der Waals surface area contributed by atoms with Crippen LogP contribution in [0.15, 0.2) is 23.3 Å². The fraction of sp³-hybridized carbons (Fsp3) is 0.429. The lowest BCUT2D eigenvalue weighted by Crippen LogP contribution is -2.44. The van der Waals surface area contributed by atoms with Gasteiger partial charge in [-0.3, -0.25) is 29.4 Å². The average molecular weight is 274 g/mol. The minimum atomic E-state index is -0.999. The molecule has 6 heteroatoms. The SMILES string of the molecule is CC1=CC(C)C2C(=O)N(C3CC(=O)NC3=O)C(=O)C2=C1. The molecule has 3 atom stereocenters. The maximum atomic E-state index is 12.5. The number of nitrogens with one attached hydrogen (secondary N) is 1. The van der Waals surface area contributed by atoms with Gasteiger partial charge in [0.15, 0.2) is 0 Å². The number of allylic oxidation sites excluding steroid dienone is 3. The van der Waals surface area contributed by atoms with E-state index in [0.717, 1.165) is 10.5 Å². The smallest absolute Gasteiger partial charge is 0.258 e. The second-order valence-electron chi connectivity index (χ2n) is 5.49. The zero-order valence-corrected chi connectivity index (χ0v) is 11.2. The Morgan fingerprint density at radius 1 is 1.25 bits per heavy atom. The molecule has 6 nitrogen and oxygen atoms in total. The summed E-state index contributed by atoms with van der Waals surface area (Å²) < 4.78 is 0. The second-order valence-corrected chi connectivity index (χ2v) is 5.49. The number of rotatable bonds is 1. The molecule has 0 aromatic carbocycles. The van der Waals surface area contributed by atoms with Gasteiger partial charge in [0.1, 0.15) is 6.04 Å². The number of imide groups is 2. The first-order valence-corrected chi connectivity index (χ1v) is 6.51. The van der Waals surface area contributed by atoms with Gasteiger partial charge in [-0.25, -0.2) is 0 Å². The lowest BCUT2D eigenvalue weighted by molar-refractivity contribution is -0.146. The van der Waals surface area contributed by atoms with Crippen LogP contribution in [0.25, 0.3) is 0 Å². The average Bonchev–Trinajstić information content (AvgIpc) is 2.78. The van der Waals surface area contributed by atoms with E-state index in [1.54, 1.807) is 6.08 Å². The van der Waals surface area contributed by atoms with Crippen LogP contribution in [-0.2, 0) is 19.2 Å². The number of hydrogen-bond donors (Lipinski definition) is 1. The molecule has 2 saturated heterocycles. The number of fused-ring (bicyclic) bond motifs is 1. The summed E-state index contributed by atoms with van der Waals surface area (Å²) in [6.45, 7) is 3.74. The Morgan fingerprint density at radius 2 is 1.95 bits per heavy atom. The highest BCUT2D eigenvalue weighted by atomic mass is 16.2. The Hall–Kier alpha value is -2.24. The van der Waals surface area contributed by atoms with E-state index >= 15 is 0 Å². The van der Waals surface area contributed by atoms with Crippen molar-refractivity contribution in [1.82, 2.24) is 10.2 Å². The minimum Gasteiger partial charge on any atom is -0.295 e. The van der Waals surface area contributed by atoms with E-state index < -0.39 is 29.7 Å². The van der Waals surface area contributed by atoms with Crippen LogP contribution in [0, 0.1) is 11.8 Å². The second kappa shape index (κ2) is 4.13. The molecule has 4 amide bonds. The first-order chi connectivity index (χ1) is 9.40. The van der Waals surface area contributed by atoms with Crippen LogP contribution in [0.5, 0.6) is 0 Å². The highest BCUT2D eigenvalue weighted by molar-refractivity contribution is 6.19. The molecule has 0 radical (unpaired) electrons. The van der Waals surface area contributed by atoms with Gasteiger partial charge in [0.2, 0.25) is 17.7 Å². The molecule has 0 spiro atoms. The third kappa shape index (κ3) is 1.64. The Morgan fingerprint density at radius 3 is 2.55 bits per heavy atom. The highest BCUT2D eigenvalue weighted by Crippen LogP contribution is 2.38. The maximum Gasteiger partial charge on any atom is 0.258 e. The van der Waals surface area contributed by atoms with Crippen LogP contribution < -0.4 is 5.32 Å². The van der Waals surface area contributed by atoms with Crippen LogP contribution >= 0.6 is 0 Å². The van der Waals surface area contributed by atoms with Crippen molar-refractivity contribution in [3.05, 3.63) is 23.3 Å². The van der Waals surface area contributed by atoms with Crippen LogP contribution in [0.1, 0.15) is 20.3 Å². The lowest BCUT2D eigenvalue weighted by atomic mass is 9.82. The molecule has 0 aromatic heterocycles. The molecule has 2 fully saturated rings. The zero-order valence-electron chi connectivity index (χ0n) is 11.2. The van der Waals surface area contributed by atoms with Gasteiger partial charge in [-0.15, -0.1) is 0 Å². The molecular weight excluding hydrogens is 260 g/mol. The topological polar surface area (TPSA) is 83.6 Å². The fourth-order valence-electron chi connectivity index (χ4n) is 3.16. The van der Waals surface area contributed by atoms with Crippen molar-refractivity contribution in [3.8, 4) is 0 Å². The van der Waals surface area contributed by atoms with Crippen LogP contribution in [0.3, 0.4) is 0 Å². The van der Waals surface area contributed by atoms with E-state index in [9.17, 15) is 19.2 Å². The molecule has 2 aliphatic heterocycles. The fourth-order valence-corrected chi connectivity index (χ4v) is 3.16. The normalized spacial score (nSPS) is 33.1. The van der Waals surface area contributed by atoms with E-state index in [2.05, 4.69) is 5.32 Å². The van der Waals surface area contributed by atoms with E-state index in [1.807, 2.05) is 19.9 Å². The standard InChI is InChI=1S/C14H14N2O4/c1-6-3-7(2)11-8(4-6)13(19)16(14(11)20)9-5-10(17)15-12(9)18/h3-4,7,9,11H,5H2,1-2H3,(H,15,17,18). The quantitative estimate of drug-likeness (QED) is 0.677. The summed E-state index contributed by atoms with van der Waals surface area (Å²) in [5.41, 5.74) is 1.35. The number of likely N-dealkylation sites (tertiary alicyclic amines) is 1.